The number of benzene rings is 2. The smallest absolute Gasteiger partial charge is 0.283 e. The highest BCUT2D eigenvalue weighted by Crippen LogP contribution is 2.14. The number of amides is 1. The summed E-state index contributed by atoms with van der Waals surface area (Å²) in [6.07, 6.45) is 1.35. The van der Waals surface area contributed by atoms with Crippen LogP contribution in [0.1, 0.15) is 11.1 Å². The van der Waals surface area contributed by atoms with E-state index in [2.05, 4.69) is 20.6 Å². The first-order valence-corrected chi connectivity index (χ1v) is 9.36. The molecule has 0 fully saturated rings. The zero-order valence-corrected chi connectivity index (χ0v) is 16.4. The van der Waals surface area contributed by atoms with E-state index in [1.54, 1.807) is 11.8 Å². The zero-order chi connectivity index (χ0) is 20.9. The van der Waals surface area contributed by atoms with Crippen molar-refractivity contribution >= 4 is 17.1 Å². The van der Waals surface area contributed by atoms with Gasteiger partial charge in [0.1, 0.15) is 18.6 Å². The van der Waals surface area contributed by atoms with E-state index in [1.807, 2.05) is 54.6 Å². The van der Waals surface area contributed by atoms with Crippen LogP contribution in [0.5, 0.6) is 5.75 Å². The van der Waals surface area contributed by atoms with Crippen LogP contribution in [-0.2, 0) is 24.4 Å². The first-order chi connectivity index (χ1) is 14.6. The number of carbonyl (C=O) groups excluding carboxylic acids is 1. The van der Waals surface area contributed by atoms with Crippen molar-refractivity contribution in [1.82, 2.24) is 29.9 Å². The van der Waals surface area contributed by atoms with Crippen LogP contribution < -0.4 is 15.6 Å². The molecule has 0 radical (unpaired) electrons. The molecule has 0 unspecified atom stereocenters. The Morgan fingerprint density at radius 2 is 1.90 bits per heavy atom. The van der Waals surface area contributed by atoms with E-state index in [9.17, 15) is 9.59 Å². The van der Waals surface area contributed by atoms with E-state index in [1.165, 1.54) is 10.9 Å². The van der Waals surface area contributed by atoms with Gasteiger partial charge in [-0.25, -0.2) is 9.67 Å². The van der Waals surface area contributed by atoms with Crippen molar-refractivity contribution < 1.29 is 9.53 Å². The second-order valence-corrected chi connectivity index (χ2v) is 6.71. The van der Waals surface area contributed by atoms with Gasteiger partial charge in [0, 0.05) is 6.54 Å². The molecule has 152 valence electrons. The maximum absolute atomic E-state index is 12.7. The molecule has 30 heavy (non-hydrogen) atoms. The summed E-state index contributed by atoms with van der Waals surface area (Å²) < 4.78 is 8.01. The van der Waals surface area contributed by atoms with Crippen molar-refractivity contribution in [2.75, 3.05) is 7.11 Å². The maximum atomic E-state index is 12.7. The minimum Gasteiger partial charge on any atom is -0.497 e. The second kappa shape index (κ2) is 8.56. The summed E-state index contributed by atoms with van der Waals surface area (Å²) in [6, 6.07) is 17.1. The van der Waals surface area contributed by atoms with Crippen molar-refractivity contribution in [2.45, 2.75) is 19.6 Å². The minimum absolute atomic E-state index is 0.122. The van der Waals surface area contributed by atoms with E-state index < -0.39 is 5.56 Å². The molecule has 2 aromatic heterocycles. The van der Waals surface area contributed by atoms with Gasteiger partial charge in [-0.15, -0.1) is 5.10 Å². The molecular formula is C21H20N6O3. The Bertz CT molecular complexity index is 1230. The molecule has 2 heterocycles. The Hall–Kier alpha value is -4.01. The Balaban J connectivity index is 1.49. The number of rotatable bonds is 7. The number of hydrogen-bond acceptors (Lipinski definition) is 6. The molecule has 0 atom stereocenters. The second-order valence-electron chi connectivity index (χ2n) is 6.71. The maximum Gasteiger partial charge on any atom is 0.283 e. The lowest BCUT2D eigenvalue weighted by Gasteiger charge is -2.07. The van der Waals surface area contributed by atoms with Gasteiger partial charge in [0.15, 0.2) is 11.2 Å². The SMILES string of the molecule is COc1cccc(Cn2nnc3c(=O)n(CC(=O)NCc4ccccc4)cnc32)c1. The average Bonchev–Trinajstić information content (AvgIpc) is 3.18. The summed E-state index contributed by atoms with van der Waals surface area (Å²) in [5.41, 5.74) is 1.99. The monoisotopic (exact) mass is 404 g/mol. The highest BCUT2D eigenvalue weighted by Gasteiger charge is 2.14. The topological polar surface area (TPSA) is 104 Å². The first-order valence-electron chi connectivity index (χ1n) is 9.36. The fourth-order valence-corrected chi connectivity index (χ4v) is 3.06. The molecule has 9 heteroatoms. The van der Waals surface area contributed by atoms with Gasteiger partial charge in [-0.3, -0.25) is 14.2 Å². The third kappa shape index (κ3) is 4.19. The van der Waals surface area contributed by atoms with Gasteiger partial charge in [-0.05, 0) is 23.3 Å². The van der Waals surface area contributed by atoms with Crippen LogP contribution >= 0.6 is 0 Å². The summed E-state index contributed by atoms with van der Waals surface area (Å²) in [5, 5.41) is 10.8. The first kappa shape index (κ1) is 19.3. The summed E-state index contributed by atoms with van der Waals surface area (Å²) in [6.45, 7) is 0.639. The van der Waals surface area contributed by atoms with Gasteiger partial charge in [0.2, 0.25) is 5.91 Å². The molecule has 0 aliphatic carbocycles. The fourth-order valence-electron chi connectivity index (χ4n) is 3.06. The van der Waals surface area contributed by atoms with Crippen molar-refractivity contribution in [3.8, 4) is 5.75 Å². The van der Waals surface area contributed by atoms with E-state index in [0.29, 0.717) is 18.7 Å². The van der Waals surface area contributed by atoms with E-state index in [0.717, 1.165) is 16.9 Å². The Kier molecular flexibility index (Phi) is 5.51. The molecule has 9 nitrogen and oxygen atoms in total. The molecule has 2 aromatic carbocycles. The van der Waals surface area contributed by atoms with Gasteiger partial charge in [0.25, 0.3) is 5.56 Å². The summed E-state index contributed by atoms with van der Waals surface area (Å²) in [5.74, 6) is 0.444. The highest BCUT2D eigenvalue weighted by molar-refractivity contribution is 5.76. The minimum atomic E-state index is -0.410. The van der Waals surface area contributed by atoms with E-state index >= 15 is 0 Å². The largest absolute Gasteiger partial charge is 0.497 e. The quantitative estimate of drug-likeness (QED) is 0.499. The van der Waals surface area contributed by atoms with Crippen molar-refractivity contribution in [2.24, 2.45) is 0 Å². The number of methoxy groups -OCH3 is 1. The lowest BCUT2D eigenvalue weighted by Crippen LogP contribution is -2.32. The number of carbonyl (C=O) groups is 1. The molecule has 4 rings (SSSR count). The molecule has 0 aliphatic heterocycles. The molecule has 4 aromatic rings. The number of nitrogens with zero attached hydrogens (tertiary/aromatic N) is 5. The van der Waals surface area contributed by atoms with Gasteiger partial charge in [0.05, 0.1) is 13.7 Å². The normalized spacial score (nSPS) is 10.8. The number of nitrogens with one attached hydrogen (secondary N) is 1. The van der Waals surface area contributed by atoms with Crippen molar-refractivity contribution in [3.63, 3.8) is 0 Å². The van der Waals surface area contributed by atoms with Crippen molar-refractivity contribution in [1.29, 1.82) is 0 Å². The number of ether oxygens (including phenoxy) is 1. The zero-order valence-electron chi connectivity index (χ0n) is 16.4. The average molecular weight is 404 g/mol. The Morgan fingerprint density at radius 3 is 2.70 bits per heavy atom. The number of fused-ring (bicyclic) bond motifs is 1. The van der Waals surface area contributed by atoms with Crippen LogP contribution in [0.15, 0.2) is 65.7 Å². The third-order valence-corrected chi connectivity index (χ3v) is 4.60. The van der Waals surface area contributed by atoms with Gasteiger partial charge < -0.3 is 10.1 Å². The van der Waals surface area contributed by atoms with Gasteiger partial charge in [-0.1, -0.05) is 47.7 Å². The summed E-state index contributed by atoms with van der Waals surface area (Å²) in [7, 11) is 1.60. The molecule has 1 N–H and O–H groups in total. The standard InChI is InChI=1S/C21H20N6O3/c1-30-17-9-5-8-16(10-17)12-27-20-19(24-25-27)21(29)26(14-23-20)13-18(28)22-11-15-6-3-2-4-7-15/h2-10,14H,11-13H2,1H3,(H,22,28). The Morgan fingerprint density at radius 1 is 1.10 bits per heavy atom. The van der Waals surface area contributed by atoms with Crippen LogP contribution in [0.3, 0.4) is 0 Å². The number of hydrogen-bond donors (Lipinski definition) is 1. The van der Waals surface area contributed by atoms with E-state index in [-0.39, 0.29) is 18.0 Å². The Labute approximate surface area is 171 Å². The predicted molar refractivity (Wildman–Crippen MR) is 110 cm³/mol. The van der Waals surface area contributed by atoms with Gasteiger partial charge in [-0.2, -0.15) is 0 Å². The van der Waals surface area contributed by atoms with E-state index in [4.69, 9.17) is 4.74 Å². The summed E-state index contributed by atoms with van der Waals surface area (Å²) >= 11 is 0. The molecule has 0 bridgehead atoms. The summed E-state index contributed by atoms with van der Waals surface area (Å²) in [4.78, 5) is 29.2. The van der Waals surface area contributed by atoms with Crippen LogP contribution in [0.25, 0.3) is 11.2 Å². The molecule has 0 saturated heterocycles. The lowest BCUT2D eigenvalue weighted by molar-refractivity contribution is -0.121. The number of aromatic nitrogens is 5. The highest BCUT2D eigenvalue weighted by atomic mass is 16.5. The van der Waals surface area contributed by atoms with Crippen LogP contribution in [0.4, 0.5) is 0 Å². The molecule has 0 saturated carbocycles. The molecule has 0 spiro atoms. The third-order valence-electron chi connectivity index (χ3n) is 4.60. The lowest BCUT2D eigenvalue weighted by atomic mass is 10.2. The predicted octanol–water partition coefficient (Wildman–Crippen LogP) is 1.36. The molecule has 0 aliphatic rings. The van der Waals surface area contributed by atoms with Gasteiger partial charge >= 0.3 is 0 Å². The van der Waals surface area contributed by atoms with Crippen LogP contribution in [0, 0.1) is 0 Å². The molecule has 1 amide bonds. The van der Waals surface area contributed by atoms with Crippen molar-refractivity contribution in [3.05, 3.63) is 82.4 Å². The fraction of sp³-hybridized carbons (Fsp3) is 0.190. The van der Waals surface area contributed by atoms with Crippen LogP contribution in [-0.4, -0.2) is 37.6 Å². The molecular weight excluding hydrogens is 384 g/mol. The van der Waals surface area contributed by atoms with Crippen LogP contribution in [0.2, 0.25) is 0 Å².